The third-order valence-electron chi connectivity index (χ3n) is 3.92. The van der Waals surface area contributed by atoms with Crippen LogP contribution in [0.2, 0.25) is 0 Å². The molecule has 1 aliphatic heterocycles. The molecule has 1 saturated heterocycles. The monoisotopic (exact) mass is 375 g/mol. The van der Waals surface area contributed by atoms with Crippen molar-refractivity contribution in [3.05, 3.63) is 28.7 Å². The number of sulfonamides is 1. The van der Waals surface area contributed by atoms with Gasteiger partial charge in [0.2, 0.25) is 10.0 Å². The molecule has 0 aromatic heterocycles. The van der Waals surface area contributed by atoms with E-state index in [1.54, 1.807) is 23.1 Å². The van der Waals surface area contributed by atoms with Crippen molar-refractivity contribution < 1.29 is 13.3 Å². The molecule has 1 aromatic rings. The van der Waals surface area contributed by atoms with E-state index in [0.29, 0.717) is 11.4 Å². The standard InChI is InChI=1S/C15H23BrN2O2S/c16-14-7-6-8-15(13-14)21(19,20)17-9-2-1-3-10-18-11-4-5-12-18/h6-8,13,17H,1-5,9-12H2/p+1. The highest BCUT2D eigenvalue weighted by molar-refractivity contribution is 9.10. The fourth-order valence-electron chi connectivity index (χ4n) is 2.73. The molecule has 1 fully saturated rings. The number of likely N-dealkylation sites (tertiary alicyclic amines) is 1. The van der Waals surface area contributed by atoms with E-state index in [1.807, 2.05) is 6.07 Å². The Morgan fingerprint density at radius 3 is 2.62 bits per heavy atom. The highest BCUT2D eigenvalue weighted by Gasteiger charge is 2.15. The fourth-order valence-corrected chi connectivity index (χ4v) is 4.40. The molecule has 1 heterocycles. The lowest BCUT2D eigenvalue weighted by Gasteiger charge is -2.11. The van der Waals surface area contributed by atoms with E-state index in [-0.39, 0.29) is 0 Å². The molecule has 0 aliphatic carbocycles. The van der Waals surface area contributed by atoms with Gasteiger partial charge in [0.05, 0.1) is 24.5 Å². The Hall–Kier alpha value is -0.430. The first-order valence-electron chi connectivity index (χ1n) is 7.67. The average Bonchev–Trinajstić information content (AvgIpc) is 2.96. The van der Waals surface area contributed by atoms with Crippen molar-refractivity contribution in [3.63, 3.8) is 0 Å². The molecule has 2 rings (SSSR count). The Morgan fingerprint density at radius 2 is 1.90 bits per heavy atom. The van der Waals surface area contributed by atoms with Crippen LogP contribution in [0.5, 0.6) is 0 Å². The van der Waals surface area contributed by atoms with Crippen LogP contribution in [0.1, 0.15) is 32.1 Å². The van der Waals surface area contributed by atoms with Crippen LogP contribution in [0.4, 0.5) is 0 Å². The second-order valence-electron chi connectivity index (χ2n) is 5.62. The molecular formula is C15H24BrN2O2S+. The lowest BCUT2D eigenvalue weighted by atomic mass is 10.2. The summed E-state index contributed by atoms with van der Waals surface area (Å²) < 4.78 is 27.6. The van der Waals surface area contributed by atoms with Crippen LogP contribution in [0.25, 0.3) is 0 Å². The molecule has 4 nitrogen and oxygen atoms in total. The van der Waals surface area contributed by atoms with Gasteiger partial charge in [-0.05, 0) is 37.5 Å². The number of nitrogens with one attached hydrogen (secondary N) is 2. The predicted molar refractivity (Wildman–Crippen MR) is 88.0 cm³/mol. The van der Waals surface area contributed by atoms with E-state index < -0.39 is 10.0 Å². The molecule has 0 amide bonds. The van der Waals surface area contributed by atoms with Gasteiger partial charge in [-0.2, -0.15) is 0 Å². The van der Waals surface area contributed by atoms with Gasteiger partial charge in [0.1, 0.15) is 0 Å². The number of rotatable bonds is 8. The molecular weight excluding hydrogens is 352 g/mol. The molecule has 6 heteroatoms. The maximum absolute atomic E-state index is 12.1. The molecule has 0 radical (unpaired) electrons. The quantitative estimate of drug-likeness (QED) is 0.677. The minimum absolute atomic E-state index is 0.318. The summed E-state index contributed by atoms with van der Waals surface area (Å²) in [5.74, 6) is 0. The Kier molecular flexibility index (Phi) is 6.67. The normalized spacial score (nSPS) is 16.4. The zero-order chi connectivity index (χ0) is 15.1. The molecule has 2 N–H and O–H groups in total. The van der Waals surface area contributed by atoms with E-state index in [0.717, 1.165) is 17.3 Å². The van der Waals surface area contributed by atoms with E-state index >= 15 is 0 Å². The number of quaternary nitrogens is 1. The number of hydrogen-bond donors (Lipinski definition) is 2. The van der Waals surface area contributed by atoms with Crippen molar-refractivity contribution in [2.24, 2.45) is 0 Å². The van der Waals surface area contributed by atoms with Crippen LogP contribution in [0.3, 0.4) is 0 Å². The third kappa shape index (κ3) is 5.70. The minimum Gasteiger partial charge on any atom is -0.335 e. The number of unbranched alkanes of at least 4 members (excludes halogenated alkanes) is 2. The summed E-state index contributed by atoms with van der Waals surface area (Å²) in [6, 6.07) is 6.79. The second kappa shape index (κ2) is 8.27. The predicted octanol–water partition coefficient (Wildman–Crippen LogP) is 1.58. The summed E-state index contributed by atoms with van der Waals surface area (Å²) in [7, 11) is -3.37. The second-order valence-corrected chi connectivity index (χ2v) is 8.31. The lowest BCUT2D eigenvalue weighted by Crippen LogP contribution is -3.09. The molecule has 21 heavy (non-hydrogen) atoms. The van der Waals surface area contributed by atoms with Gasteiger partial charge in [-0.3, -0.25) is 0 Å². The lowest BCUT2D eigenvalue weighted by molar-refractivity contribution is -0.887. The highest BCUT2D eigenvalue weighted by atomic mass is 79.9. The van der Waals surface area contributed by atoms with Gasteiger partial charge in [-0.15, -0.1) is 0 Å². The number of benzene rings is 1. The maximum atomic E-state index is 12.1. The zero-order valence-corrected chi connectivity index (χ0v) is 14.7. The molecule has 0 spiro atoms. The van der Waals surface area contributed by atoms with Crippen molar-refractivity contribution in [3.8, 4) is 0 Å². The molecule has 0 atom stereocenters. The van der Waals surface area contributed by atoms with Gasteiger partial charge in [0.25, 0.3) is 0 Å². The van der Waals surface area contributed by atoms with Crippen LogP contribution in [-0.4, -0.2) is 34.6 Å². The van der Waals surface area contributed by atoms with Crippen LogP contribution in [-0.2, 0) is 10.0 Å². The summed E-state index contributed by atoms with van der Waals surface area (Å²) in [4.78, 5) is 2.03. The van der Waals surface area contributed by atoms with Gasteiger partial charge in [0, 0.05) is 23.9 Å². The fraction of sp³-hybridized carbons (Fsp3) is 0.600. The summed E-state index contributed by atoms with van der Waals surface area (Å²) in [5.41, 5.74) is 0. The first kappa shape index (κ1) is 16.9. The Balaban J connectivity index is 1.65. The Morgan fingerprint density at radius 1 is 1.14 bits per heavy atom. The molecule has 1 aromatic carbocycles. The van der Waals surface area contributed by atoms with Crippen molar-refractivity contribution in [2.45, 2.75) is 37.0 Å². The van der Waals surface area contributed by atoms with E-state index in [2.05, 4.69) is 20.7 Å². The van der Waals surface area contributed by atoms with Gasteiger partial charge in [0.15, 0.2) is 0 Å². The van der Waals surface area contributed by atoms with Gasteiger partial charge >= 0.3 is 0 Å². The third-order valence-corrected chi connectivity index (χ3v) is 5.87. The molecule has 0 bridgehead atoms. The van der Waals surface area contributed by atoms with Crippen molar-refractivity contribution >= 4 is 26.0 Å². The molecule has 0 unspecified atom stereocenters. The van der Waals surface area contributed by atoms with Gasteiger partial charge in [-0.1, -0.05) is 22.0 Å². The van der Waals surface area contributed by atoms with Crippen molar-refractivity contribution in [1.82, 2.24) is 4.72 Å². The highest BCUT2D eigenvalue weighted by Crippen LogP contribution is 2.15. The summed E-state index contributed by atoms with van der Waals surface area (Å²) in [5, 5.41) is 0. The smallest absolute Gasteiger partial charge is 0.240 e. The molecule has 118 valence electrons. The molecule has 1 aliphatic rings. The first-order chi connectivity index (χ1) is 10.1. The van der Waals surface area contributed by atoms with Crippen LogP contribution in [0, 0.1) is 0 Å². The van der Waals surface area contributed by atoms with Crippen LogP contribution < -0.4 is 9.62 Å². The van der Waals surface area contributed by atoms with E-state index in [4.69, 9.17) is 0 Å². The zero-order valence-electron chi connectivity index (χ0n) is 12.3. The Labute approximate surface area is 136 Å². The van der Waals surface area contributed by atoms with Crippen LogP contribution >= 0.6 is 15.9 Å². The summed E-state index contributed by atoms with van der Waals surface area (Å²) >= 11 is 3.29. The number of hydrogen-bond acceptors (Lipinski definition) is 2. The Bertz CT molecular complexity index is 542. The van der Waals surface area contributed by atoms with E-state index in [9.17, 15) is 8.42 Å². The minimum atomic E-state index is -3.37. The SMILES string of the molecule is O=S(=O)(NCCCCC[NH+]1CCCC1)c1cccc(Br)c1. The average molecular weight is 376 g/mol. The van der Waals surface area contributed by atoms with Crippen molar-refractivity contribution in [1.29, 1.82) is 0 Å². The molecule has 0 saturated carbocycles. The van der Waals surface area contributed by atoms with Gasteiger partial charge < -0.3 is 4.90 Å². The first-order valence-corrected chi connectivity index (χ1v) is 9.94. The number of halogens is 1. The topological polar surface area (TPSA) is 50.6 Å². The maximum Gasteiger partial charge on any atom is 0.240 e. The largest absolute Gasteiger partial charge is 0.335 e. The van der Waals surface area contributed by atoms with E-state index in [1.165, 1.54) is 38.9 Å². The summed E-state index contributed by atoms with van der Waals surface area (Å²) in [6.45, 7) is 4.38. The van der Waals surface area contributed by atoms with Gasteiger partial charge in [-0.25, -0.2) is 13.1 Å². The van der Waals surface area contributed by atoms with Crippen LogP contribution in [0.15, 0.2) is 33.6 Å². The van der Waals surface area contributed by atoms with Crippen molar-refractivity contribution in [2.75, 3.05) is 26.2 Å². The summed E-state index contributed by atoms with van der Waals surface area (Å²) in [6.07, 6.45) is 5.91.